The molecule has 1 heterocycles. The maximum Gasteiger partial charge on any atom is 0.338 e. The minimum Gasteiger partial charge on any atom is -0.456 e. The number of hydrogen-bond donors (Lipinski definition) is 1. The van der Waals surface area contributed by atoms with Crippen molar-refractivity contribution >= 4 is 33.5 Å². The summed E-state index contributed by atoms with van der Waals surface area (Å²) < 4.78 is 7.43. The first-order valence-electron chi connectivity index (χ1n) is 10.2. The second-order valence-electron chi connectivity index (χ2n) is 8.36. The van der Waals surface area contributed by atoms with E-state index in [9.17, 15) is 14.4 Å². The Kier molecular flexibility index (Phi) is 7.30. The number of amides is 1. The van der Waals surface area contributed by atoms with Crippen molar-refractivity contribution in [2.24, 2.45) is 0 Å². The molecule has 0 radical (unpaired) electrons. The maximum atomic E-state index is 13.2. The lowest BCUT2D eigenvalue weighted by atomic mass is 10.0. The number of aromatic nitrogens is 1. The van der Waals surface area contributed by atoms with Crippen LogP contribution in [0, 0.1) is 0 Å². The highest BCUT2D eigenvalue weighted by Gasteiger charge is 2.23. The van der Waals surface area contributed by atoms with Gasteiger partial charge in [-0.1, -0.05) is 46.3 Å². The lowest BCUT2D eigenvalue weighted by Gasteiger charge is -2.20. The van der Waals surface area contributed by atoms with Crippen molar-refractivity contribution in [2.75, 3.05) is 5.32 Å². The van der Waals surface area contributed by atoms with E-state index in [1.807, 2.05) is 30.3 Å². The van der Waals surface area contributed by atoms with Crippen LogP contribution in [0.25, 0.3) is 0 Å². The molecule has 1 N–H and O–H groups in total. The number of ether oxygens (including phenoxy) is 1. The number of rotatable bonds is 6. The van der Waals surface area contributed by atoms with Gasteiger partial charge in [0, 0.05) is 28.8 Å². The number of halogens is 1. The molecule has 32 heavy (non-hydrogen) atoms. The van der Waals surface area contributed by atoms with Crippen molar-refractivity contribution in [2.45, 2.75) is 38.8 Å². The van der Waals surface area contributed by atoms with Crippen LogP contribution in [-0.2, 0) is 16.0 Å². The summed E-state index contributed by atoms with van der Waals surface area (Å²) in [6.07, 6.45) is 1.95. The Balaban J connectivity index is 1.82. The second-order valence-corrected chi connectivity index (χ2v) is 9.28. The highest BCUT2D eigenvalue weighted by atomic mass is 79.9. The fourth-order valence-corrected chi connectivity index (χ4v) is 3.44. The van der Waals surface area contributed by atoms with E-state index in [1.54, 1.807) is 57.3 Å². The fourth-order valence-electron chi connectivity index (χ4n) is 3.13. The molecule has 0 bridgehead atoms. The second kappa shape index (κ2) is 9.96. The Morgan fingerprint density at radius 3 is 2.28 bits per heavy atom. The summed E-state index contributed by atoms with van der Waals surface area (Å²) in [5, 5.41) is 2.85. The highest BCUT2D eigenvalue weighted by Crippen LogP contribution is 2.19. The SMILES string of the molecule is CC(C)(C)OC(=O)c1ccc(NC(=O)C(Cc2ccccc2)n2ccc(Br)cc2=O)cc1. The molecular formula is C25H25BrN2O4. The molecule has 1 amide bonds. The van der Waals surface area contributed by atoms with Gasteiger partial charge in [-0.3, -0.25) is 9.59 Å². The number of esters is 1. The molecule has 2 aromatic carbocycles. The predicted molar refractivity (Wildman–Crippen MR) is 128 cm³/mol. The van der Waals surface area contributed by atoms with Gasteiger partial charge in [0.15, 0.2) is 0 Å². The minimum atomic E-state index is -0.747. The highest BCUT2D eigenvalue weighted by molar-refractivity contribution is 9.10. The average Bonchev–Trinajstić information content (AvgIpc) is 2.72. The molecule has 6 nitrogen and oxygen atoms in total. The Hall–Kier alpha value is -3.19. The Labute approximate surface area is 195 Å². The van der Waals surface area contributed by atoms with Gasteiger partial charge in [0.25, 0.3) is 5.56 Å². The molecular weight excluding hydrogens is 472 g/mol. The molecule has 1 unspecified atom stereocenters. The zero-order valence-corrected chi connectivity index (χ0v) is 19.8. The number of pyridine rings is 1. The zero-order valence-electron chi connectivity index (χ0n) is 18.2. The van der Waals surface area contributed by atoms with E-state index >= 15 is 0 Å². The molecule has 166 valence electrons. The number of anilines is 1. The maximum absolute atomic E-state index is 13.2. The van der Waals surface area contributed by atoms with Crippen LogP contribution in [0.1, 0.15) is 42.7 Å². The summed E-state index contributed by atoms with van der Waals surface area (Å²) >= 11 is 3.29. The molecule has 0 saturated carbocycles. The molecule has 1 atom stereocenters. The van der Waals surface area contributed by atoms with Gasteiger partial charge in [-0.15, -0.1) is 0 Å². The van der Waals surface area contributed by atoms with E-state index in [0.717, 1.165) is 5.56 Å². The Morgan fingerprint density at radius 2 is 1.69 bits per heavy atom. The third-order valence-corrected chi connectivity index (χ3v) is 5.10. The monoisotopic (exact) mass is 496 g/mol. The summed E-state index contributed by atoms with van der Waals surface area (Å²) in [7, 11) is 0. The third kappa shape index (κ3) is 6.40. The molecule has 3 rings (SSSR count). The molecule has 7 heteroatoms. The molecule has 0 fully saturated rings. The number of nitrogens with one attached hydrogen (secondary N) is 1. The smallest absolute Gasteiger partial charge is 0.338 e. The predicted octanol–water partition coefficient (Wildman–Crippen LogP) is 4.99. The van der Waals surface area contributed by atoms with Crippen molar-refractivity contribution in [3.8, 4) is 0 Å². The van der Waals surface area contributed by atoms with Crippen molar-refractivity contribution < 1.29 is 14.3 Å². The molecule has 0 aliphatic rings. The first kappa shape index (κ1) is 23.5. The van der Waals surface area contributed by atoms with E-state index in [-0.39, 0.29) is 11.5 Å². The van der Waals surface area contributed by atoms with Crippen LogP contribution in [-0.4, -0.2) is 22.0 Å². The Morgan fingerprint density at radius 1 is 1.03 bits per heavy atom. The van der Waals surface area contributed by atoms with Gasteiger partial charge in [-0.05, 0) is 56.7 Å². The Bertz CT molecular complexity index is 1150. The number of benzene rings is 2. The van der Waals surface area contributed by atoms with Crippen LogP contribution in [0.4, 0.5) is 5.69 Å². The number of carbonyl (C=O) groups is 2. The molecule has 3 aromatic rings. The lowest BCUT2D eigenvalue weighted by Crippen LogP contribution is -2.34. The van der Waals surface area contributed by atoms with Crippen LogP contribution in [0.3, 0.4) is 0 Å². The van der Waals surface area contributed by atoms with Gasteiger partial charge in [-0.25, -0.2) is 4.79 Å². The summed E-state index contributed by atoms with van der Waals surface area (Å²) in [5.41, 5.74) is 0.971. The lowest BCUT2D eigenvalue weighted by molar-refractivity contribution is -0.119. The van der Waals surface area contributed by atoms with Gasteiger partial charge in [0.2, 0.25) is 5.91 Å². The normalized spacial score (nSPS) is 12.1. The average molecular weight is 497 g/mol. The van der Waals surface area contributed by atoms with E-state index in [4.69, 9.17) is 4.74 Å². The third-order valence-electron chi connectivity index (χ3n) is 4.61. The standard InChI is InChI=1S/C25H25BrN2O4/c1-25(2,3)32-24(31)18-9-11-20(12-10-18)27-23(30)21(15-17-7-5-4-6-8-17)28-14-13-19(26)16-22(28)29/h4-14,16,21H,15H2,1-3H3,(H,27,30). The van der Waals surface area contributed by atoms with Gasteiger partial charge >= 0.3 is 5.97 Å². The van der Waals surface area contributed by atoms with Gasteiger partial charge in [0.05, 0.1) is 5.56 Å². The number of hydrogen-bond acceptors (Lipinski definition) is 4. The minimum absolute atomic E-state index is 0.282. The van der Waals surface area contributed by atoms with Crippen molar-refractivity contribution in [3.05, 3.63) is 98.9 Å². The summed E-state index contributed by atoms with van der Waals surface area (Å²) in [5.74, 6) is -0.762. The van der Waals surface area contributed by atoms with Crippen molar-refractivity contribution in [1.29, 1.82) is 0 Å². The first-order valence-corrected chi connectivity index (χ1v) is 11.0. The van der Waals surface area contributed by atoms with E-state index < -0.39 is 17.6 Å². The van der Waals surface area contributed by atoms with Crippen molar-refractivity contribution in [1.82, 2.24) is 4.57 Å². The molecule has 0 aliphatic carbocycles. The summed E-state index contributed by atoms with van der Waals surface area (Å²) in [6.45, 7) is 5.41. The van der Waals surface area contributed by atoms with E-state index in [0.29, 0.717) is 22.1 Å². The van der Waals surface area contributed by atoms with Crippen LogP contribution >= 0.6 is 15.9 Å². The van der Waals surface area contributed by atoms with Crippen LogP contribution in [0.15, 0.2) is 82.2 Å². The molecule has 0 aliphatic heterocycles. The quantitative estimate of drug-likeness (QED) is 0.487. The van der Waals surface area contributed by atoms with Crippen LogP contribution in [0.2, 0.25) is 0 Å². The number of carbonyl (C=O) groups excluding carboxylic acids is 2. The fraction of sp³-hybridized carbons (Fsp3) is 0.240. The summed E-state index contributed by atoms with van der Waals surface area (Å²) in [6, 6.07) is 18.4. The molecule has 0 saturated heterocycles. The van der Waals surface area contributed by atoms with Crippen LogP contribution < -0.4 is 10.9 Å². The van der Waals surface area contributed by atoms with Gasteiger partial charge in [0.1, 0.15) is 11.6 Å². The number of nitrogens with zero attached hydrogens (tertiary/aromatic N) is 1. The topological polar surface area (TPSA) is 77.4 Å². The van der Waals surface area contributed by atoms with Crippen molar-refractivity contribution in [3.63, 3.8) is 0 Å². The summed E-state index contributed by atoms with van der Waals surface area (Å²) in [4.78, 5) is 38.0. The largest absolute Gasteiger partial charge is 0.456 e. The molecule has 0 spiro atoms. The molecule has 1 aromatic heterocycles. The zero-order chi connectivity index (χ0) is 23.3. The van der Waals surface area contributed by atoms with Gasteiger partial charge in [-0.2, -0.15) is 0 Å². The first-order chi connectivity index (χ1) is 15.1. The van der Waals surface area contributed by atoms with Gasteiger partial charge < -0.3 is 14.6 Å². The van der Waals surface area contributed by atoms with E-state index in [2.05, 4.69) is 21.2 Å². The van der Waals surface area contributed by atoms with Crippen LogP contribution in [0.5, 0.6) is 0 Å². The van der Waals surface area contributed by atoms with E-state index in [1.165, 1.54) is 10.6 Å².